The molecule has 2 aromatic heterocycles. The molecule has 12 heteroatoms. The summed E-state index contributed by atoms with van der Waals surface area (Å²) in [4.78, 5) is 19.3. The number of carbonyl (C=O) groups excluding carboxylic acids is 1. The number of nitrogens with two attached hydrogens (primary N) is 1. The van der Waals surface area contributed by atoms with Gasteiger partial charge in [-0.25, -0.2) is 13.4 Å². The van der Waals surface area contributed by atoms with E-state index in [0.29, 0.717) is 38.1 Å². The quantitative estimate of drug-likeness (QED) is 0.287. The van der Waals surface area contributed by atoms with Crippen LogP contribution in [0.3, 0.4) is 0 Å². The van der Waals surface area contributed by atoms with Gasteiger partial charge >= 0.3 is 0 Å². The smallest absolute Gasteiger partial charge is 0.262 e. The summed E-state index contributed by atoms with van der Waals surface area (Å²) in [5.74, 6) is 0.233. The molecule has 3 heterocycles. The van der Waals surface area contributed by atoms with Crippen LogP contribution in [-0.2, 0) is 15.6 Å². The van der Waals surface area contributed by atoms with Gasteiger partial charge in [-0.1, -0.05) is 29.8 Å². The zero-order valence-corrected chi connectivity index (χ0v) is 24.9. The predicted molar refractivity (Wildman–Crippen MR) is 158 cm³/mol. The molecule has 40 heavy (non-hydrogen) atoms. The number of hydrogen-bond acceptors (Lipinski definition) is 8. The summed E-state index contributed by atoms with van der Waals surface area (Å²) in [6.07, 6.45) is 4.28. The molecule has 0 saturated carbocycles. The molecule has 0 bridgehead atoms. The normalized spacial score (nSPS) is 15.8. The third kappa shape index (κ3) is 6.27. The molecule has 0 radical (unpaired) electrons. The number of piperidine rings is 1. The molecule has 1 saturated heterocycles. The molecule has 1 amide bonds. The maximum absolute atomic E-state index is 12.4. The van der Waals surface area contributed by atoms with E-state index in [0.717, 1.165) is 31.5 Å². The second kappa shape index (κ2) is 11.4. The number of likely N-dealkylation sites (tertiary alicyclic amines) is 1. The number of rotatable bonds is 9. The Labute approximate surface area is 242 Å². The Morgan fingerprint density at radius 3 is 2.65 bits per heavy atom. The Hall–Kier alpha value is -3.12. The first-order valence-corrected chi connectivity index (χ1v) is 16.1. The molecular formula is C28H31ClN4O5S2. The van der Waals surface area contributed by atoms with E-state index in [2.05, 4.69) is 16.9 Å². The van der Waals surface area contributed by atoms with Crippen molar-refractivity contribution in [1.29, 1.82) is 0 Å². The van der Waals surface area contributed by atoms with E-state index in [1.165, 1.54) is 17.6 Å². The molecule has 2 aromatic carbocycles. The number of sulfone groups is 1. The number of fused-ring (bicyclic) bond motifs is 1. The zero-order valence-electron chi connectivity index (χ0n) is 22.5. The Bertz CT molecular complexity index is 1660. The van der Waals surface area contributed by atoms with Crippen molar-refractivity contribution >= 4 is 49.7 Å². The molecule has 2 N–H and O–H groups in total. The molecule has 1 unspecified atom stereocenters. The van der Waals surface area contributed by atoms with Crippen LogP contribution in [0.4, 0.5) is 0 Å². The van der Waals surface area contributed by atoms with E-state index in [-0.39, 0.29) is 16.7 Å². The number of hydrogen-bond donors (Lipinski definition) is 1. The number of halogens is 1. The molecular weight excluding hydrogens is 572 g/mol. The molecule has 5 rings (SSSR count). The lowest BCUT2D eigenvalue weighted by atomic mass is 10.1. The van der Waals surface area contributed by atoms with Crippen LogP contribution in [0.25, 0.3) is 16.0 Å². The second-order valence-corrected chi connectivity index (χ2v) is 13.7. The number of thiophene rings is 1. The van der Waals surface area contributed by atoms with E-state index in [1.54, 1.807) is 35.2 Å². The van der Waals surface area contributed by atoms with Crippen LogP contribution < -0.4 is 15.2 Å². The van der Waals surface area contributed by atoms with Gasteiger partial charge < -0.3 is 20.1 Å². The van der Waals surface area contributed by atoms with Gasteiger partial charge in [0.25, 0.3) is 5.91 Å². The minimum Gasteiger partial charge on any atom is -0.489 e. The van der Waals surface area contributed by atoms with Gasteiger partial charge in [0, 0.05) is 31.0 Å². The third-order valence-electron chi connectivity index (χ3n) is 6.88. The van der Waals surface area contributed by atoms with E-state index in [4.69, 9.17) is 26.8 Å². The molecule has 0 aliphatic carbocycles. The SMILES string of the molecule is CC(Oc1cc(-n2cnc3ccc(CS(C)(=O)=O)cc32)sc1C(N)=O)c1cccc(OC2CCN(C)CC2)c1Cl. The van der Waals surface area contributed by atoms with Gasteiger partial charge in [0.05, 0.1) is 21.8 Å². The monoisotopic (exact) mass is 602 g/mol. The fraction of sp³-hybridized carbons (Fsp3) is 0.357. The maximum atomic E-state index is 12.4. The van der Waals surface area contributed by atoms with Crippen LogP contribution in [0, 0.1) is 0 Å². The van der Waals surface area contributed by atoms with Crippen LogP contribution in [0.2, 0.25) is 5.02 Å². The van der Waals surface area contributed by atoms with Gasteiger partial charge in [0.2, 0.25) is 0 Å². The van der Waals surface area contributed by atoms with Gasteiger partial charge in [-0.15, -0.1) is 11.3 Å². The number of imidazole rings is 1. The average Bonchev–Trinajstić information content (AvgIpc) is 3.49. The summed E-state index contributed by atoms with van der Waals surface area (Å²) >= 11 is 7.94. The number of aromatic nitrogens is 2. The van der Waals surface area contributed by atoms with Gasteiger partial charge in [-0.05, 0) is 50.6 Å². The highest BCUT2D eigenvalue weighted by Crippen LogP contribution is 2.39. The lowest BCUT2D eigenvalue weighted by molar-refractivity contribution is 0.0998. The third-order valence-corrected chi connectivity index (χ3v) is 9.27. The van der Waals surface area contributed by atoms with Gasteiger partial charge in [0.1, 0.15) is 39.9 Å². The topological polar surface area (TPSA) is 117 Å². The van der Waals surface area contributed by atoms with Crippen molar-refractivity contribution in [3.05, 3.63) is 69.8 Å². The summed E-state index contributed by atoms with van der Waals surface area (Å²) < 4.78 is 37.9. The van der Waals surface area contributed by atoms with E-state index < -0.39 is 21.8 Å². The van der Waals surface area contributed by atoms with Crippen molar-refractivity contribution < 1.29 is 22.7 Å². The Balaban J connectivity index is 1.42. The first-order chi connectivity index (χ1) is 19.0. The molecule has 1 aliphatic rings. The summed E-state index contributed by atoms with van der Waals surface area (Å²) in [5.41, 5.74) is 8.49. The summed E-state index contributed by atoms with van der Waals surface area (Å²) in [6, 6.07) is 12.6. The second-order valence-electron chi connectivity index (χ2n) is 10.2. The van der Waals surface area contributed by atoms with Gasteiger partial charge in [-0.3, -0.25) is 9.36 Å². The van der Waals surface area contributed by atoms with Crippen LogP contribution in [0.1, 0.15) is 46.7 Å². The first-order valence-electron chi connectivity index (χ1n) is 12.9. The van der Waals surface area contributed by atoms with Gasteiger partial charge in [0.15, 0.2) is 9.84 Å². The molecule has 4 aromatic rings. The van der Waals surface area contributed by atoms with Crippen molar-refractivity contribution in [1.82, 2.24) is 14.5 Å². The van der Waals surface area contributed by atoms with Crippen LogP contribution in [0.5, 0.6) is 11.5 Å². The fourth-order valence-electron chi connectivity index (χ4n) is 4.83. The van der Waals surface area contributed by atoms with E-state index in [9.17, 15) is 13.2 Å². The lowest BCUT2D eigenvalue weighted by Gasteiger charge is -2.30. The standard InChI is InChI=1S/C28H31ClN4O5S2/c1-17(20-5-4-6-23(26(20)29)38-19-9-11-32(2)12-10-19)37-24-14-25(39-27(24)28(30)34)33-16-31-21-8-7-18(13-22(21)33)15-40(3,35)36/h4-8,13-14,16-17,19H,9-12,15H2,1-3H3,(H2,30,34). The highest BCUT2D eigenvalue weighted by Gasteiger charge is 2.24. The van der Waals surface area contributed by atoms with Crippen molar-refractivity contribution in [2.24, 2.45) is 5.73 Å². The fourth-order valence-corrected chi connectivity index (χ4v) is 6.87. The lowest BCUT2D eigenvalue weighted by Crippen LogP contribution is -2.35. The highest BCUT2D eigenvalue weighted by molar-refractivity contribution is 7.89. The van der Waals surface area contributed by atoms with Crippen LogP contribution in [0.15, 0.2) is 48.8 Å². The van der Waals surface area contributed by atoms with Crippen LogP contribution >= 0.6 is 22.9 Å². The average molecular weight is 603 g/mol. The first kappa shape index (κ1) is 28.4. The zero-order chi connectivity index (χ0) is 28.6. The van der Waals surface area contributed by atoms with E-state index in [1.807, 2.05) is 25.1 Å². The van der Waals surface area contributed by atoms with Crippen molar-refractivity contribution in [3.63, 3.8) is 0 Å². The molecule has 1 aliphatic heterocycles. The number of amides is 1. The highest BCUT2D eigenvalue weighted by atomic mass is 35.5. The molecule has 0 spiro atoms. The predicted octanol–water partition coefficient (Wildman–Crippen LogP) is 5.00. The number of primary amides is 1. The Morgan fingerprint density at radius 2 is 1.95 bits per heavy atom. The summed E-state index contributed by atoms with van der Waals surface area (Å²) in [6.45, 7) is 3.80. The molecule has 1 atom stereocenters. The number of nitrogens with zero attached hydrogens (tertiary/aromatic N) is 3. The Morgan fingerprint density at radius 1 is 1.20 bits per heavy atom. The molecule has 9 nitrogen and oxygen atoms in total. The van der Waals surface area contributed by atoms with Gasteiger partial charge in [-0.2, -0.15) is 0 Å². The van der Waals surface area contributed by atoms with Crippen molar-refractivity contribution in [3.8, 4) is 16.5 Å². The minimum absolute atomic E-state index is 0.0850. The minimum atomic E-state index is -3.21. The number of ether oxygens (including phenoxy) is 2. The maximum Gasteiger partial charge on any atom is 0.262 e. The van der Waals surface area contributed by atoms with E-state index >= 15 is 0 Å². The molecule has 212 valence electrons. The number of benzene rings is 2. The van der Waals surface area contributed by atoms with Crippen molar-refractivity contribution in [2.75, 3.05) is 26.4 Å². The summed E-state index contributed by atoms with van der Waals surface area (Å²) in [7, 11) is -1.11. The Kier molecular flexibility index (Phi) is 8.10. The van der Waals surface area contributed by atoms with Crippen molar-refractivity contribution in [2.45, 2.75) is 37.7 Å². The summed E-state index contributed by atoms with van der Waals surface area (Å²) in [5, 5.41) is 1.13. The van der Waals surface area contributed by atoms with Crippen LogP contribution in [-0.4, -0.2) is 61.3 Å². The largest absolute Gasteiger partial charge is 0.489 e. The molecule has 1 fully saturated rings. The number of carbonyl (C=O) groups is 1.